The highest BCUT2D eigenvalue weighted by molar-refractivity contribution is 7.98. The van der Waals surface area contributed by atoms with Crippen molar-refractivity contribution in [2.75, 3.05) is 19.8 Å². The lowest BCUT2D eigenvalue weighted by Gasteiger charge is -2.10. The van der Waals surface area contributed by atoms with Crippen molar-refractivity contribution in [3.05, 3.63) is 58.7 Å². The molecule has 0 aliphatic rings. The van der Waals surface area contributed by atoms with Crippen molar-refractivity contribution in [2.45, 2.75) is 44.6 Å². The van der Waals surface area contributed by atoms with Gasteiger partial charge >= 0.3 is 5.97 Å². The smallest absolute Gasteiger partial charge is 0.338 e. The lowest BCUT2D eigenvalue weighted by molar-refractivity contribution is 0.0526. The SMILES string of the molecule is CCOCCCn1c(SCc2ccc(C)c(F)c2F)nc2cc(C(=O)OCC)ccc21. The third kappa shape index (κ3) is 5.43. The molecule has 0 bridgehead atoms. The zero-order valence-electron chi connectivity index (χ0n) is 17.9. The Hall–Kier alpha value is -2.45. The standard InChI is InChI=1S/C23H26F2N2O3S/c1-4-29-12-6-11-27-19-10-9-16(22(28)30-5-2)13-18(19)26-23(27)31-14-17-8-7-15(3)20(24)21(17)25/h7-10,13H,4-6,11-12,14H2,1-3H3. The summed E-state index contributed by atoms with van der Waals surface area (Å²) in [6.07, 6.45) is 0.778. The van der Waals surface area contributed by atoms with E-state index in [4.69, 9.17) is 9.47 Å². The summed E-state index contributed by atoms with van der Waals surface area (Å²) in [6, 6.07) is 8.42. The summed E-state index contributed by atoms with van der Waals surface area (Å²) in [5, 5.41) is 0.674. The minimum absolute atomic E-state index is 0.239. The Morgan fingerprint density at radius 2 is 1.94 bits per heavy atom. The van der Waals surface area contributed by atoms with Gasteiger partial charge in [0, 0.05) is 31.1 Å². The maximum atomic E-state index is 14.3. The molecule has 1 aromatic heterocycles. The fourth-order valence-electron chi connectivity index (χ4n) is 3.18. The number of carbonyl (C=O) groups excluding carboxylic acids is 1. The van der Waals surface area contributed by atoms with Crippen molar-refractivity contribution >= 4 is 28.8 Å². The summed E-state index contributed by atoms with van der Waals surface area (Å²) < 4.78 is 40.7. The monoisotopic (exact) mass is 448 g/mol. The Morgan fingerprint density at radius 3 is 2.68 bits per heavy atom. The molecule has 0 fully saturated rings. The van der Waals surface area contributed by atoms with Gasteiger partial charge in [0.2, 0.25) is 0 Å². The van der Waals surface area contributed by atoms with Crippen LogP contribution in [0.3, 0.4) is 0 Å². The van der Waals surface area contributed by atoms with E-state index in [1.54, 1.807) is 31.2 Å². The molecule has 0 spiro atoms. The van der Waals surface area contributed by atoms with Crippen molar-refractivity contribution in [1.29, 1.82) is 0 Å². The van der Waals surface area contributed by atoms with Crippen LogP contribution in [0.2, 0.25) is 0 Å². The van der Waals surface area contributed by atoms with E-state index in [9.17, 15) is 13.6 Å². The Morgan fingerprint density at radius 1 is 1.13 bits per heavy atom. The molecule has 0 aliphatic heterocycles. The number of hydrogen-bond acceptors (Lipinski definition) is 5. The molecular weight excluding hydrogens is 422 g/mol. The fraction of sp³-hybridized carbons (Fsp3) is 0.391. The Bertz CT molecular complexity index is 1070. The number of esters is 1. The largest absolute Gasteiger partial charge is 0.462 e. The highest BCUT2D eigenvalue weighted by atomic mass is 32.2. The summed E-state index contributed by atoms with van der Waals surface area (Å²) in [7, 11) is 0. The first kappa shape index (κ1) is 23.2. The number of aromatic nitrogens is 2. The predicted molar refractivity (Wildman–Crippen MR) is 117 cm³/mol. The van der Waals surface area contributed by atoms with Crippen LogP contribution in [-0.4, -0.2) is 35.3 Å². The van der Waals surface area contributed by atoms with Crippen LogP contribution in [0.5, 0.6) is 0 Å². The molecule has 0 amide bonds. The van der Waals surface area contributed by atoms with Crippen LogP contribution >= 0.6 is 11.8 Å². The summed E-state index contributed by atoms with van der Waals surface area (Å²) >= 11 is 1.33. The van der Waals surface area contributed by atoms with Gasteiger partial charge in [-0.3, -0.25) is 0 Å². The Kier molecular flexibility index (Phi) is 8.03. The van der Waals surface area contributed by atoms with E-state index < -0.39 is 17.6 Å². The topological polar surface area (TPSA) is 53.4 Å². The second-order valence-electron chi connectivity index (χ2n) is 6.98. The van der Waals surface area contributed by atoms with Gasteiger partial charge in [-0.1, -0.05) is 23.9 Å². The van der Waals surface area contributed by atoms with Gasteiger partial charge in [0.25, 0.3) is 0 Å². The number of halogens is 2. The van der Waals surface area contributed by atoms with Gasteiger partial charge in [0.05, 0.1) is 23.2 Å². The third-order valence-corrected chi connectivity index (χ3v) is 5.84. The first-order valence-electron chi connectivity index (χ1n) is 10.3. The zero-order valence-corrected chi connectivity index (χ0v) is 18.7. The molecule has 8 heteroatoms. The normalized spacial score (nSPS) is 11.3. The minimum Gasteiger partial charge on any atom is -0.462 e. The maximum absolute atomic E-state index is 14.3. The number of hydrogen-bond donors (Lipinski definition) is 0. The van der Waals surface area contributed by atoms with Crippen LogP contribution < -0.4 is 0 Å². The quantitative estimate of drug-likeness (QED) is 0.232. The molecule has 0 radical (unpaired) electrons. The van der Waals surface area contributed by atoms with E-state index in [-0.39, 0.29) is 16.9 Å². The van der Waals surface area contributed by atoms with Gasteiger partial charge in [-0.05, 0) is 51.0 Å². The molecule has 0 atom stereocenters. The van der Waals surface area contributed by atoms with Gasteiger partial charge in [-0.15, -0.1) is 0 Å². The fourth-order valence-corrected chi connectivity index (χ4v) is 4.20. The first-order valence-corrected chi connectivity index (χ1v) is 11.3. The van der Waals surface area contributed by atoms with E-state index >= 15 is 0 Å². The van der Waals surface area contributed by atoms with Gasteiger partial charge in [0.15, 0.2) is 16.8 Å². The molecule has 3 aromatic rings. The lowest BCUT2D eigenvalue weighted by atomic mass is 10.1. The van der Waals surface area contributed by atoms with Crippen LogP contribution in [0.15, 0.2) is 35.5 Å². The van der Waals surface area contributed by atoms with Gasteiger partial charge in [-0.25, -0.2) is 18.6 Å². The Balaban J connectivity index is 1.89. The number of thioether (sulfide) groups is 1. The molecule has 5 nitrogen and oxygen atoms in total. The molecule has 31 heavy (non-hydrogen) atoms. The molecule has 166 valence electrons. The number of imidazole rings is 1. The van der Waals surface area contributed by atoms with Crippen LogP contribution in [0.1, 0.15) is 41.8 Å². The molecule has 0 saturated carbocycles. The van der Waals surface area contributed by atoms with Crippen LogP contribution in [0, 0.1) is 18.6 Å². The number of benzene rings is 2. The number of fused-ring (bicyclic) bond motifs is 1. The van der Waals surface area contributed by atoms with Crippen LogP contribution in [0.4, 0.5) is 8.78 Å². The first-order chi connectivity index (χ1) is 15.0. The van der Waals surface area contributed by atoms with E-state index in [1.165, 1.54) is 18.7 Å². The van der Waals surface area contributed by atoms with E-state index in [1.807, 2.05) is 17.6 Å². The van der Waals surface area contributed by atoms with Gasteiger partial charge in [-0.2, -0.15) is 0 Å². The minimum atomic E-state index is -0.823. The third-order valence-electron chi connectivity index (χ3n) is 4.81. The highest BCUT2D eigenvalue weighted by Gasteiger charge is 2.17. The molecule has 0 unspecified atom stereocenters. The van der Waals surface area contributed by atoms with Crippen LogP contribution in [0.25, 0.3) is 11.0 Å². The zero-order chi connectivity index (χ0) is 22.4. The summed E-state index contributed by atoms with van der Waals surface area (Å²) in [6.45, 7) is 7.44. The van der Waals surface area contributed by atoms with Crippen LogP contribution in [-0.2, 0) is 21.8 Å². The van der Waals surface area contributed by atoms with Crippen molar-refractivity contribution in [2.24, 2.45) is 0 Å². The number of ether oxygens (including phenoxy) is 2. The molecule has 0 N–H and O–H groups in total. The van der Waals surface area contributed by atoms with Crippen molar-refractivity contribution in [3.8, 4) is 0 Å². The average molecular weight is 449 g/mol. The van der Waals surface area contributed by atoms with Gasteiger partial charge in [0.1, 0.15) is 0 Å². The average Bonchev–Trinajstić information content (AvgIpc) is 3.11. The summed E-state index contributed by atoms with van der Waals surface area (Å²) in [5.74, 6) is -1.80. The van der Waals surface area contributed by atoms with Crippen molar-refractivity contribution in [1.82, 2.24) is 9.55 Å². The molecule has 1 heterocycles. The maximum Gasteiger partial charge on any atom is 0.338 e. The molecule has 0 saturated heterocycles. The van der Waals surface area contributed by atoms with E-state index in [2.05, 4.69) is 4.98 Å². The van der Waals surface area contributed by atoms with E-state index in [0.29, 0.717) is 42.6 Å². The molecule has 2 aromatic carbocycles. The molecule has 3 rings (SSSR count). The molecule has 0 aliphatic carbocycles. The number of nitrogens with zero attached hydrogens (tertiary/aromatic N) is 2. The Labute approximate surface area is 184 Å². The predicted octanol–water partition coefficient (Wildman–Crippen LogP) is 5.52. The second kappa shape index (κ2) is 10.7. The van der Waals surface area contributed by atoms with Crippen molar-refractivity contribution in [3.63, 3.8) is 0 Å². The lowest BCUT2D eigenvalue weighted by Crippen LogP contribution is -2.05. The van der Waals surface area contributed by atoms with Gasteiger partial charge < -0.3 is 14.0 Å². The molecular formula is C23H26F2N2O3S. The van der Waals surface area contributed by atoms with Crippen molar-refractivity contribution < 1.29 is 23.0 Å². The number of rotatable bonds is 10. The number of aryl methyl sites for hydroxylation is 2. The number of carbonyl (C=O) groups is 1. The van der Waals surface area contributed by atoms with E-state index in [0.717, 1.165) is 11.9 Å². The second-order valence-corrected chi connectivity index (χ2v) is 7.92. The summed E-state index contributed by atoms with van der Waals surface area (Å²) in [4.78, 5) is 16.7. The highest BCUT2D eigenvalue weighted by Crippen LogP contribution is 2.29. The summed E-state index contributed by atoms with van der Waals surface area (Å²) in [5.41, 5.74) is 2.51.